The van der Waals surface area contributed by atoms with E-state index in [0.717, 1.165) is 19.8 Å². The first-order valence-corrected chi connectivity index (χ1v) is 10.1. The van der Waals surface area contributed by atoms with Gasteiger partial charge in [0.2, 0.25) is 0 Å². The molecule has 0 aliphatic carbocycles. The van der Waals surface area contributed by atoms with Crippen LogP contribution < -0.4 is 4.72 Å². The Hall–Kier alpha value is -2.08. The quantitative estimate of drug-likeness (QED) is 0.515. The number of hydrogen-bond acceptors (Lipinski definition) is 3. The van der Waals surface area contributed by atoms with Crippen LogP contribution in [-0.2, 0) is 10.0 Å². The molecule has 0 saturated carbocycles. The van der Waals surface area contributed by atoms with Gasteiger partial charge in [-0.05, 0) is 48.5 Å². The molecule has 0 aliphatic rings. The van der Waals surface area contributed by atoms with Crippen LogP contribution in [0.2, 0.25) is 0 Å². The zero-order valence-electron chi connectivity index (χ0n) is 12.6. The van der Waals surface area contributed by atoms with Gasteiger partial charge in [0.1, 0.15) is 6.07 Å². The molecule has 25 heavy (non-hydrogen) atoms. The number of halogens is 2. The van der Waals surface area contributed by atoms with Crippen molar-refractivity contribution >= 4 is 64.5 Å². The van der Waals surface area contributed by atoms with Crippen LogP contribution in [0.1, 0.15) is 5.56 Å². The highest BCUT2D eigenvalue weighted by Gasteiger charge is 2.18. The summed E-state index contributed by atoms with van der Waals surface area (Å²) >= 11 is 6.68. The van der Waals surface area contributed by atoms with E-state index in [4.69, 9.17) is 0 Å². The fourth-order valence-corrected chi connectivity index (χ4v) is 3.86. The maximum atomic E-state index is 12.5. The number of nitriles is 1. The third-order valence-electron chi connectivity index (χ3n) is 3.46. The van der Waals surface area contributed by atoms with E-state index in [1.165, 1.54) is 6.08 Å². The first-order chi connectivity index (χ1) is 11.9. The molecule has 0 bridgehead atoms. The van der Waals surface area contributed by atoms with Crippen molar-refractivity contribution in [2.75, 3.05) is 4.72 Å². The molecule has 3 aromatic rings. The molecule has 2 aromatic carbocycles. The highest BCUT2D eigenvalue weighted by atomic mass is 79.9. The standard InChI is InChI=1S/C17H11Br2N3O2S/c18-12-1-4-14(5-2-12)22-25(23,24)15(9-20)7-11-10-21-17-6-3-13(19)8-16(11)17/h1-8,10,21-22H/b15-7-. The van der Waals surface area contributed by atoms with Gasteiger partial charge in [0.25, 0.3) is 10.0 Å². The van der Waals surface area contributed by atoms with Crippen LogP contribution in [0.3, 0.4) is 0 Å². The summed E-state index contributed by atoms with van der Waals surface area (Å²) in [5.41, 5.74) is 1.85. The largest absolute Gasteiger partial charge is 0.361 e. The van der Waals surface area contributed by atoms with Crippen LogP contribution in [0.15, 0.2) is 62.5 Å². The number of aromatic nitrogens is 1. The molecule has 2 N–H and O–H groups in total. The molecular formula is C17H11Br2N3O2S. The van der Waals surface area contributed by atoms with Crippen LogP contribution in [0, 0.1) is 11.3 Å². The minimum atomic E-state index is -3.98. The van der Waals surface area contributed by atoms with Crippen LogP contribution in [0.4, 0.5) is 5.69 Å². The van der Waals surface area contributed by atoms with Gasteiger partial charge < -0.3 is 4.98 Å². The van der Waals surface area contributed by atoms with E-state index >= 15 is 0 Å². The molecule has 1 heterocycles. The molecule has 3 rings (SSSR count). The van der Waals surface area contributed by atoms with Crippen LogP contribution in [0.25, 0.3) is 17.0 Å². The lowest BCUT2D eigenvalue weighted by molar-refractivity contribution is 0.608. The van der Waals surface area contributed by atoms with Gasteiger partial charge in [-0.2, -0.15) is 5.26 Å². The Bertz CT molecular complexity index is 1110. The highest BCUT2D eigenvalue weighted by Crippen LogP contribution is 2.26. The van der Waals surface area contributed by atoms with Gasteiger partial charge in [-0.3, -0.25) is 4.72 Å². The number of allylic oxidation sites excluding steroid dienone is 1. The first-order valence-electron chi connectivity index (χ1n) is 7.06. The van der Waals surface area contributed by atoms with Gasteiger partial charge >= 0.3 is 0 Å². The lowest BCUT2D eigenvalue weighted by Gasteiger charge is -2.07. The van der Waals surface area contributed by atoms with Crippen LogP contribution >= 0.6 is 31.9 Å². The SMILES string of the molecule is N#C/C(=C/c1c[nH]c2ccc(Br)cc12)S(=O)(=O)Nc1ccc(Br)cc1. The molecule has 0 saturated heterocycles. The van der Waals surface area contributed by atoms with Crippen molar-refractivity contribution in [1.82, 2.24) is 4.98 Å². The topological polar surface area (TPSA) is 85.8 Å². The molecule has 1 aromatic heterocycles. The van der Waals surface area contributed by atoms with Gasteiger partial charge in [0.15, 0.2) is 4.91 Å². The van der Waals surface area contributed by atoms with Gasteiger partial charge in [0, 0.05) is 37.3 Å². The van der Waals surface area contributed by atoms with E-state index in [0.29, 0.717) is 11.3 Å². The average Bonchev–Trinajstić information content (AvgIpc) is 2.96. The number of fused-ring (bicyclic) bond motifs is 1. The zero-order valence-corrected chi connectivity index (χ0v) is 16.6. The number of H-pyrrole nitrogens is 1. The molecular weight excluding hydrogens is 470 g/mol. The Morgan fingerprint density at radius 1 is 1.12 bits per heavy atom. The Labute approximate surface area is 161 Å². The number of nitrogens with one attached hydrogen (secondary N) is 2. The predicted molar refractivity (Wildman–Crippen MR) is 106 cm³/mol. The van der Waals surface area contributed by atoms with E-state index in [1.54, 1.807) is 36.5 Å². The third-order valence-corrected chi connectivity index (χ3v) is 5.77. The minimum Gasteiger partial charge on any atom is -0.361 e. The molecule has 0 atom stereocenters. The average molecular weight is 481 g/mol. The van der Waals surface area contributed by atoms with Crippen LogP contribution in [0.5, 0.6) is 0 Å². The Morgan fingerprint density at radius 3 is 2.48 bits per heavy atom. The van der Waals surface area contributed by atoms with Crippen LogP contribution in [-0.4, -0.2) is 13.4 Å². The number of benzene rings is 2. The minimum absolute atomic E-state index is 0.365. The number of anilines is 1. The fourth-order valence-electron chi connectivity index (χ4n) is 2.27. The molecule has 0 spiro atoms. The second-order valence-electron chi connectivity index (χ2n) is 5.17. The number of rotatable bonds is 4. The monoisotopic (exact) mass is 479 g/mol. The van der Waals surface area contributed by atoms with Crippen molar-refractivity contribution in [3.8, 4) is 6.07 Å². The summed E-state index contributed by atoms with van der Waals surface area (Å²) in [4.78, 5) is 2.69. The fraction of sp³-hybridized carbons (Fsp3) is 0. The highest BCUT2D eigenvalue weighted by molar-refractivity contribution is 9.10. The summed E-state index contributed by atoms with van der Waals surface area (Å²) < 4.78 is 29.1. The molecule has 0 unspecified atom stereocenters. The number of hydrogen-bond donors (Lipinski definition) is 2. The number of nitrogens with zero attached hydrogens (tertiary/aromatic N) is 1. The Morgan fingerprint density at radius 2 is 1.80 bits per heavy atom. The lowest BCUT2D eigenvalue weighted by atomic mass is 10.1. The van der Waals surface area contributed by atoms with Crippen molar-refractivity contribution in [3.63, 3.8) is 0 Å². The number of aromatic amines is 1. The van der Waals surface area contributed by atoms with E-state index in [9.17, 15) is 13.7 Å². The normalized spacial score (nSPS) is 12.1. The summed E-state index contributed by atoms with van der Waals surface area (Å²) in [5, 5.41) is 10.2. The lowest BCUT2D eigenvalue weighted by Crippen LogP contribution is -2.14. The summed E-state index contributed by atoms with van der Waals surface area (Å²) in [7, 11) is -3.98. The second kappa shape index (κ2) is 7.04. The van der Waals surface area contributed by atoms with E-state index < -0.39 is 10.0 Å². The molecule has 8 heteroatoms. The Balaban J connectivity index is 2.00. The second-order valence-corrected chi connectivity index (χ2v) is 8.65. The summed E-state index contributed by atoms with van der Waals surface area (Å²) in [6.07, 6.45) is 3.02. The van der Waals surface area contributed by atoms with E-state index in [-0.39, 0.29) is 4.91 Å². The van der Waals surface area contributed by atoms with Gasteiger partial charge in [-0.15, -0.1) is 0 Å². The molecule has 0 radical (unpaired) electrons. The first kappa shape index (κ1) is 17.7. The Kier molecular flexibility index (Phi) is 4.99. The van der Waals surface area contributed by atoms with Crippen molar-refractivity contribution in [2.24, 2.45) is 0 Å². The predicted octanol–water partition coefficient (Wildman–Crippen LogP) is 5.00. The molecule has 5 nitrogen and oxygen atoms in total. The van der Waals surface area contributed by atoms with E-state index in [2.05, 4.69) is 41.6 Å². The molecule has 0 fully saturated rings. The number of sulfonamides is 1. The van der Waals surface area contributed by atoms with Crippen molar-refractivity contribution in [1.29, 1.82) is 5.26 Å². The van der Waals surface area contributed by atoms with Gasteiger partial charge in [0.05, 0.1) is 0 Å². The summed E-state index contributed by atoms with van der Waals surface area (Å²) in [6, 6.07) is 14.0. The van der Waals surface area contributed by atoms with E-state index in [1.807, 2.05) is 18.2 Å². The van der Waals surface area contributed by atoms with Crippen molar-refractivity contribution in [2.45, 2.75) is 0 Å². The summed E-state index contributed by atoms with van der Waals surface area (Å²) in [5.74, 6) is 0. The maximum absolute atomic E-state index is 12.5. The smallest absolute Gasteiger partial charge is 0.272 e. The van der Waals surface area contributed by atoms with Gasteiger partial charge in [-0.25, -0.2) is 8.42 Å². The summed E-state index contributed by atoms with van der Waals surface area (Å²) in [6.45, 7) is 0. The third kappa shape index (κ3) is 3.95. The van der Waals surface area contributed by atoms with Crippen molar-refractivity contribution in [3.05, 3.63) is 68.1 Å². The zero-order chi connectivity index (χ0) is 18.0. The van der Waals surface area contributed by atoms with Gasteiger partial charge in [-0.1, -0.05) is 31.9 Å². The molecule has 126 valence electrons. The van der Waals surface area contributed by atoms with Crippen molar-refractivity contribution < 1.29 is 8.42 Å². The molecule has 0 amide bonds. The molecule has 0 aliphatic heterocycles. The maximum Gasteiger partial charge on any atom is 0.272 e.